The van der Waals surface area contributed by atoms with E-state index < -0.39 is 6.10 Å². The molecule has 0 amide bonds. The van der Waals surface area contributed by atoms with E-state index in [9.17, 15) is 5.11 Å². The number of aliphatic hydroxyl groups excluding tert-OH is 1. The Morgan fingerprint density at radius 3 is 2.69 bits per heavy atom. The first kappa shape index (κ1) is 23.0. The zero-order valence-corrected chi connectivity index (χ0v) is 19.2. The van der Waals surface area contributed by atoms with E-state index in [-0.39, 0.29) is 36.6 Å². The highest BCUT2D eigenvalue weighted by Gasteiger charge is 2.14. The van der Waals surface area contributed by atoms with Crippen molar-refractivity contribution in [2.45, 2.75) is 26.0 Å². The van der Waals surface area contributed by atoms with Gasteiger partial charge in [0.05, 0.1) is 25.8 Å². The zero-order chi connectivity index (χ0) is 19.9. The van der Waals surface area contributed by atoms with Crippen LogP contribution in [0, 0.1) is 0 Å². The molecule has 0 aliphatic heterocycles. The number of guanidine groups is 1. The Hall–Kier alpha value is -2.26. The highest BCUT2D eigenvalue weighted by atomic mass is 127. The van der Waals surface area contributed by atoms with Crippen LogP contribution in [0.1, 0.15) is 37.3 Å². The van der Waals surface area contributed by atoms with E-state index in [1.54, 1.807) is 7.11 Å². The molecular formula is C22H28IN3O3. The molecule has 0 radical (unpaired) electrons. The maximum Gasteiger partial charge on any atom is 0.191 e. The monoisotopic (exact) mass is 509 g/mol. The van der Waals surface area contributed by atoms with Crippen LogP contribution >= 0.6 is 24.0 Å². The highest BCUT2D eigenvalue weighted by molar-refractivity contribution is 14.0. The van der Waals surface area contributed by atoms with Crippen molar-refractivity contribution in [3.63, 3.8) is 0 Å². The highest BCUT2D eigenvalue weighted by Crippen LogP contribution is 2.23. The Labute approximate surface area is 188 Å². The number of aliphatic hydroxyl groups is 1. The van der Waals surface area contributed by atoms with E-state index in [4.69, 9.17) is 9.15 Å². The van der Waals surface area contributed by atoms with Gasteiger partial charge in [0.2, 0.25) is 0 Å². The number of methoxy groups -OCH3 is 1. The number of nitrogens with one attached hydrogen (secondary N) is 2. The van der Waals surface area contributed by atoms with Gasteiger partial charge in [0, 0.05) is 11.9 Å². The third-order valence-corrected chi connectivity index (χ3v) is 4.47. The fourth-order valence-electron chi connectivity index (χ4n) is 2.94. The SMILES string of the molecule is CCNC(=NCC(O)c1cccc(OC)c1)NC(C)c1cc2ccccc2o1.I. The molecule has 0 bridgehead atoms. The molecule has 0 saturated carbocycles. The van der Waals surface area contributed by atoms with Gasteiger partial charge in [0.1, 0.15) is 17.1 Å². The van der Waals surface area contributed by atoms with Gasteiger partial charge in [-0.25, -0.2) is 0 Å². The normalized spacial score (nSPS) is 13.4. The standard InChI is InChI=1S/C22H27N3O3.HI/c1-4-23-22(24-14-19(26)16-9-7-10-18(12-16)27-3)25-15(2)21-13-17-8-5-6-11-20(17)28-21;/h5-13,15,19,26H,4,14H2,1-3H3,(H2,23,24,25);1H. The molecule has 0 aliphatic rings. The Morgan fingerprint density at radius 1 is 1.17 bits per heavy atom. The molecule has 0 saturated heterocycles. The quantitative estimate of drug-likeness (QED) is 0.250. The number of hydrogen-bond donors (Lipinski definition) is 3. The minimum absolute atomic E-state index is 0. The summed E-state index contributed by atoms with van der Waals surface area (Å²) in [5.74, 6) is 2.17. The lowest BCUT2D eigenvalue weighted by Gasteiger charge is -2.17. The topological polar surface area (TPSA) is 79.0 Å². The van der Waals surface area contributed by atoms with Crippen LogP contribution < -0.4 is 15.4 Å². The zero-order valence-electron chi connectivity index (χ0n) is 16.9. The van der Waals surface area contributed by atoms with Gasteiger partial charge in [-0.05, 0) is 43.7 Å². The van der Waals surface area contributed by atoms with Gasteiger partial charge in [-0.2, -0.15) is 0 Å². The van der Waals surface area contributed by atoms with Gasteiger partial charge in [-0.1, -0.05) is 30.3 Å². The number of aliphatic imine (C=N–C) groups is 1. The molecule has 6 nitrogen and oxygen atoms in total. The molecule has 7 heteroatoms. The first-order chi connectivity index (χ1) is 13.6. The van der Waals surface area contributed by atoms with E-state index in [2.05, 4.69) is 15.6 Å². The van der Waals surface area contributed by atoms with Gasteiger partial charge in [-0.15, -0.1) is 24.0 Å². The molecule has 2 aromatic carbocycles. The molecule has 3 aromatic rings. The van der Waals surface area contributed by atoms with Crippen molar-refractivity contribution in [3.05, 3.63) is 65.9 Å². The van der Waals surface area contributed by atoms with Gasteiger partial charge in [0.25, 0.3) is 0 Å². The van der Waals surface area contributed by atoms with Gasteiger partial charge >= 0.3 is 0 Å². The number of hydrogen-bond acceptors (Lipinski definition) is 4. The largest absolute Gasteiger partial charge is 0.497 e. The van der Waals surface area contributed by atoms with Crippen molar-refractivity contribution < 1.29 is 14.3 Å². The van der Waals surface area contributed by atoms with Crippen molar-refractivity contribution in [3.8, 4) is 5.75 Å². The molecule has 2 unspecified atom stereocenters. The molecule has 156 valence electrons. The number of para-hydroxylation sites is 1. The van der Waals surface area contributed by atoms with Crippen LogP contribution in [-0.2, 0) is 0 Å². The predicted molar refractivity (Wildman–Crippen MR) is 127 cm³/mol. The Balaban J connectivity index is 0.00000300. The van der Waals surface area contributed by atoms with Crippen LogP contribution in [0.15, 0.2) is 64.0 Å². The summed E-state index contributed by atoms with van der Waals surface area (Å²) in [7, 11) is 1.61. The van der Waals surface area contributed by atoms with Gasteiger partial charge in [0.15, 0.2) is 5.96 Å². The number of rotatable bonds is 7. The second-order valence-corrected chi connectivity index (χ2v) is 6.56. The minimum atomic E-state index is -0.716. The number of nitrogens with zero attached hydrogens (tertiary/aromatic N) is 1. The second-order valence-electron chi connectivity index (χ2n) is 6.56. The van der Waals surface area contributed by atoms with Crippen molar-refractivity contribution in [1.82, 2.24) is 10.6 Å². The summed E-state index contributed by atoms with van der Waals surface area (Å²) in [4.78, 5) is 4.53. The third-order valence-electron chi connectivity index (χ3n) is 4.47. The molecule has 2 atom stereocenters. The lowest BCUT2D eigenvalue weighted by Crippen LogP contribution is -2.39. The molecule has 3 N–H and O–H groups in total. The first-order valence-corrected chi connectivity index (χ1v) is 9.46. The fourth-order valence-corrected chi connectivity index (χ4v) is 2.94. The molecule has 0 aliphatic carbocycles. The van der Waals surface area contributed by atoms with E-state index >= 15 is 0 Å². The smallest absolute Gasteiger partial charge is 0.191 e. The number of ether oxygens (including phenoxy) is 1. The molecule has 0 spiro atoms. The summed E-state index contributed by atoms with van der Waals surface area (Å²) in [6.45, 7) is 4.97. The van der Waals surface area contributed by atoms with Crippen LogP contribution in [-0.4, -0.2) is 31.3 Å². The van der Waals surface area contributed by atoms with Crippen LogP contribution in [0.5, 0.6) is 5.75 Å². The maximum absolute atomic E-state index is 10.5. The van der Waals surface area contributed by atoms with Gasteiger partial charge < -0.3 is 24.9 Å². The van der Waals surface area contributed by atoms with Crippen LogP contribution in [0.3, 0.4) is 0 Å². The van der Waals surface area contributed by atoms with E-state index in [0.29, 0.717) is 18.3 Å². The Bertz CT molecular complexity index is 909. The third kappa shape index (κ3) is 6.11. The van der Waals surface area contributed by atoms with Crippen LogP contribution in [0.25, 0.3) is 11.0 Å². The summed E-state index contributed by atoms with van der Waals surface area (Å²) in [5, 5.41) is 18.1. The Kier molecular flexibility index (Phi) is 8.78. The number of furan rings is 1. The Morgan fingerprint density at radius 2 is 1.97 bits per heavy atom. The molecule has 1 aromatic heterocycles. The molecule has 0 fully saturated rings. The van der Waals surface area contributed by atoms with Crippen molar-refractivity contribution in [2.75, 3.05) is 20.2 Å². The van der Waals surface area contributed by atoms with Crippen molar-refractivity contribution >= 4 is 40.9 Å². The first-order valence-electron chi connectivity index (χ1n) is 9.46. The number of fused-ring (bicyclic) bond motifs is 1. The van der Waals surface area contributed by atoms with E-state index in [0.717, 1.165) is 22.3 Å². The van der Waals surface area contributed by atoms with Crippen LogP contribution in [0.2, 0.25) is 0 Å². The number of halogens is 1. The average molecular weight is 509 g/mol. The fraction of sp³-hybridized carbons (Fsp3) is 0.318. The summed E-state index contributed by atoms with van der Waals surface area (Å²) < 4.78 is 11.1. The summed E-state index contributed by atoms with van der Waals surface area (Å²) in [6.07, 6.45) is -0.716. The molecule has 29 heavy (non-hydrogen) atoms. The average Bonchev–Trinajstić information content (AvgIpc) is 3.16. The summed E-state index contributed by atoms with van der Waals surface area (Å²) >= 11 is 0. The second kappa shape index (κ2) is 11.1. The molecule has 3 rings (SSSR count). The lowest BCUT2D eigenvalue weighted by molar-refractivity contribution is 0.186. The van der Waals surface area contributed by atoms with Crippen molar-refractivity contribution in [1.29, 1.82) is 0 Å². The summed E-state index contributed by atoms with van der Waals surface area (Å²) in [6, 6.07) is 17.3. The van der Waals surface area contributed by atoms with Crippen molar-refractivity contribution in [2.24, 2.45) is 4.99 Å². The molecular weight excluding hydrogens is 481 g/mol. The summed E-state index contributed by atoms with van der Waals surface area (Å²) in [5.41, 5.74) is 1.63. The molecule has 1 heterocycles. The van der Waals surface area contributed by atoms with Gasteiger partial charge in [-0.3, -0.25) is 4.99 Å². The van der Waals surface area contributed by atoms with E-state index in [1.165, 1.54) is 0 Å². The predicted octanol–water partition coefficient (Wildman–Crippen LogP) is 4.41. The maximum atomic E-state index is 10.5. The lowest BCUT2D eigenvalue weighted by atomic mass is 10.1. The van der Waals surface area contributed by atoms with E-state index in [1.807, 2.05) is 68.4 Å². The van der Waals surface area contributed by atoms with Crippen LogP contribution in [0.4, 0.5) is 0 Å². The number of benzene rings is 2. The minimum Gasteiger partial charge on any atom is -0.497 e.